The van der Waals surface area contributed by atoms with Crippen LogP contribution in [0, 0.1) is 5.92 Å². The maximum atomic E-state index is 7.00. The van der Waals surface area contributed by atoms with Crippen LogP contribution in [-0.2, 0) is 18.6 Å². The molecule has 0 aliphatic carbocycles. The summed E-state index contributed by atoms with van der Waals surface area (Å²) in [5, 5.41) is 2.52. The summed E-state index contributed by atoms with van der Waals surface area (Å²) in [7, 11) is 0.805. The highest BCUT2D eigenvalue weighted by atomic mass is 28.4. The van der Waals surface area contributed by atoms with Crippen LogP contribution in [0.5, 0.6) is 0 Å². The van der Waals surface area contributed by atoms with Gasteiger partial charge in [0.25, 0.3) is 8.32 Å². The van der Waals surface area contributed by atoms with E-state index >= 15 is 0 Å². The van der Waals surface area contributed by atoms with Crippen molar-refractivity contribution in [2.24, 2.45) is 5.92 Å². The Morgan fingerprint density at radius 1 is 0.893 bits per heavy atom. The van der Waals surface area contributed by atoms with Crippen LogP contribution in [0.2, 0.25) is 5.04 Å². The molecule has 0 aromatic heterocycles. The van der Waals surface area contributed by atoms with E-state index in [9.17, 15) is 0 Å². The largest absolute Gasteiger partial charge is 0.407 e. The van der Waals surface area contributed by atoms with E-state index in [-0.39, 0.29) is 23.5 Å². The zero-order chi connectivity index (χ0) is 20.2. The van der Waals surface area contributed by atoms with Crippen molar-refractivity contribution in [3.8, 4) is 0 Å². The molecule has 1 aliphatic heterocycles. The number of rotatable bonds is 7. The van der Waals surface area contributed by atoms with Gasteiger partial charge in [-0.05, 0) is 15.4 Å². The number of benzene rings is 2. The maximum absolute atomic E-state index is 7.00. The molecule has 3 rings (SSSR count). The Labute approximate surface area is 169 Å². The molecule has 3 unspecified atom stereocenters. The Kier molecular flexibility index (Phi) is 6.73. The van der Waals surface area contributed by atoms with E-state index in [0.717, 1.165) is 6.42 Å². The van der Waals surface area contributed by atoms with E-state index in [1.165, 1.54) is 10.4 Å². The predicted octanol–water partition coefficient (Wildman–Crippen LogP) is 3.54. The van der Waals surface area contributed by atoms with Gasteiger partial charge in [0.2, 0.25) is 0 Å². The highest BCUT2D eigenvalue weighted by Gasteiger charge is 2.51. The van der Waals surface area contributed by atoms with E-state index in [4.69, 9.17) is 18.6 Å². The van der Waals surface area contributed by atoms with Gasteiger partial charge in [-0.3, -0.25) is 0 Å². The van der Waals surface area contributed by atoms with Gasteiger partial charge >= 0.3 is 0 Å². The molecular weight excluding hydrogens is 368 g/mol. The molecule has 0 N–H and O–H groups in total. The third-order valence-electron chi connectivity index (χ3n) is 5.59. The smallest absolute Gasteiger partial charge is 0.261 e. The molecule has 28 heavy (non-hydrogen) atoms. The van der Waals surface area contributed by atoms with E-state index in [1.54, 1.807) is 14.2 Å². The zero-order valence-electron chi connectivity index (χ0n) is 17.6. The van der Waals surface area contributed by atoms with E-state index in [1.807, 2.05) is 0 Å². The first kappa shape index (κ1) is 21.2. The molecule has 3 atom stereocenters. The number of hydrogen-bond acceptors (Lipinski definition) is 4. The summed E-state index contributed by atoms with van der Waals surface area (Å²) in [4.78, 5) is 0. The van der Waals surface area contributed by atoms with Crippen molar-refractivity contribution in [1.82, 2.24) is 0 Å². The van der Waals surface area contributed by atoms with Gasteiger partial charge in [-0.25, -0.2) is 0 Å². The van der Waals surface area contributed by atoms with Crippen molar-refractivity contribution in [3.63, 3.8) is 0 Å². The molecule has 0 amide bonds. The summed E-state index contributed by atoms with van der Waals surface area (Å²) in [5.41, 5.74) is 0. The summed E-state index contributed by atoms with van der Waals surface area (Å²) in [6.07, 6.45) is 0.230. The molecular formula is C23H32O4Si. The first-order valence-electron chi connectivity index (χ1n) is 9.88. The molecule has 1 saturated heterocycles. The van der Waals surface area contributed by atoms with Crippen molar-refractivity contribution < 1.29 is 18.6 Å². The minimum absolute atomic E-state index is 0.0433. The summed E-state index contributed by atoms with van der Waals surface area (Å²) >= 11 is 0. The fraction of sp³-hybridized carbons (Fsp3) is 0.478. The monoisotopic (exact) mass is 400 g/mol. The van der Waals surface area contributed by atoms with Crippen LogP contribution in [0.3, 0.4) is 0 Å². The van der Waals surface area contributed by atoms with Gasteiger partial charge < -0.3 is 18.6 Å². The van der Waals surface area contributed by atoms with Crippen LogP contribution in [0.25, 0.3) is 0 Å². The SMILES string of the molecule is COC1CC(CO[Si](c2ccccc2)(c2ccccc2)C(C)(C)C)C(OC)O1. The summed E-state index contributed by atoms with van der Waals surface area (Å²) in [6, 6.07) is 21.4. The number of methoxy groups -OCH3 is 2. The first-order valence-corrected chi connectivity index (χ1v) is 11.8. The Morgan fingerprint density at radius 2 is 1.43 bits per heavy atom. The molecule has 1 aliphatic rings. The van der Waals surface area contributed by atoms with Crippen LogP contribution in [0.4, 0.5) is 0 Å². The second-order valence-corrected chi connectivity index (χ2v) is 12.7. The zero-order valence-corrected chi connectivity index (χ0v) is 18.6. The summed E-state index contributed by atoms with van der Waals surface area (Å²) in [6.45, 7) is 7.44. The fourth-order valence-corrected chi connectivity index (χ4v) is 8.83. The van der Waals surface area contributed by atoms with E-state index < -0.39 is 8.32 Å². The molecule has 2 aromatic carbocycles. The molecule has 152 valence electrons. The Morgan fingerprint density at radius 3 is 1.86 bits per heavy atom. The lowest BCUT2D eigenvalue weighted by Gasteiger charge is -2.43. The first-order chi connectivity index (χ1) is 13.4. The van der Waals surface area contributed by atoms with Gasteiger partial charge in [0.1, 0.15) is 0 Å². The van der Waals surface area contributed by atoms with Gasteiger partial charge in [-0.2, -0.15) is 0 Å². The van der Waals surface area contributed by atoms with Crippen LogP contribution in [-0.4, -0.2) is 41.7 Å². The average molecular weight is 401 g/mol. The normalized spacial score (nSPS) is 23.1. The van der Waals surface area contributed by atoms with Crippen molar-refractivity contribution in [1.29, 1.82) is 0 Å². The molecule has 0 saturated carbocycles. The van der Waals surface area contributed by atoms with Gasteiger partial charge in [-0.15, -0.1) is 0 Å². The van der Waals surface area contributed by atoms with Gasteiger partial charge in [0.15, 0.2) is 12.6 Å². The number of ether oxygens (including phenoxy) is 3. The molecule has 5 heteroatoms. The van der Waals surface area contributed by atoms with Gasteiger partial charge in [0, 0.05) is 33.2 Å². The molecule has 0 bridgehead atoms. The minimum atomic E-state index is -2.54. The third-order valence-corrected chi connectivity index (χ3v) is 10.6. The second-order valence-electron chi connectivity index (χ2n) is 8.38. The molecule has 4 nitrogen and oxygen atoms in total. The third kappa shape index (κ3) is 4.09. The van der Waals surface area contributed by atoms with Crippen LogP contribution >= 0.6 is 0 Å². The number of hydrogen-bond donors (Lipinski definition) is 0. The van der Waals surface area contributed by atoms with Crippen molar-refractivity contribution in [3.05, 3.63) is 60.7 Å². The van der Waals surface area contributed by atoms with Crippen molar-refractivity contribution in [2.75, 3.05) is 20.8 Å². The van der Waals surface area contributed by atoms with Crippen molar-refractivity contribution >= 4 is 18.7 Å². The molecule has 1 fully saturated rings. The Bertz CT molecular complexity index is 690. The Balaban J connectivity index is 1.99. The molecule has 2 aromatic rings. The highest BCUT2D eigenvalue weighted by molar-refractivity contribution is 6.99. The second kappa shape index (κ2) is 8.89. The minimum Gasteiger partial charge on any atom is -0.407 e. The standard InChI is InChI=1S/C23H32O4Si/c1-23(2,3)28(19-12-8-6-9-13-19,20-14-10-7-11-15-20)26-17-18-16-21(24-4)27-22(18)25-5/h6-15,18,21-22H,16-17H2,1-5H3. The topological polar surface area (TPSA) is 36.9 Å². The summed E-state index contributed by atoms with van der Waals surface area (Å²) < 4.78 is 23.8. The lowest BCUT2D eigenvalue weighted by atomic mass is 10.1. The fourth-order valence-electron chi connectivity index (χ4n) is 4.21. The van der Waals surface area contributed by atoms with Crippen LogP contribution < -0.4 is 10.4 Å². The average Bonchev–Trinajstić information content (AvgIpc) is 3.11. The quantitative estimate of drug-likeness (QED) is 0.666. The lowest BCUT2D eigenvalue weighted by molar-refractivity contribution is -0.194. The highest BCUT2D eigenvalue weighted by Crippen LogP contribution is 2.38. The Hall–Kier alpha value is -1.50. The van der Waals surface area contributed by atoms with Gasteiger partial charge in [0.05, 0.1) is 0 Å². The van der Waals surface area contributed by atoms with Gasteiger partial charge in [-0.1, -0.05) is 81.4 Å². The van der Waals surface area contributed by atoms with Crippen molar-refractivity contribution in [2.45, 2.75) is 44.8 Å². The van der Waals surface area contributed by atoms with E-state index in [2.05, 4.69) is 81.4 Å². The molecule has 1 heterocycles. The van der Waals surface area contributed by atoms with Crippen LogP contribution in [0.1, 0.15) is 27.2 Å². The predicted molar refractivity (Wildman–Crippen MR) is 114 cm³/mol. The molecule has 0 radical (unpaired) electrons. The molecule has 0 spiro atoms. The lowest BCUT2D eigenvalue weighted by Crippen LogP contribution is -2.67. The summed E-state index contributed by atoms with van der Waals surface area (Å²) in [5.74, 6) is 0.136. The maximum Gasteiger partial charge on any atom is 0.261 e. The van der Waals surface area contributed by atoms with Crippen LogP contribution in [0.15, 0.2) is 60.7 Å². The van der Waals surface area contributed by atoms with E-state index in [0.29, 0.717) is 6.61 Å².